The Labute approximate surface area is 124 Å². The van der Waals surface area contributed by atoms with Crippen molar-refractivity contribution in [1.82, 2.24) is 0 Å². The van der Waals surface area contributed by atoms with Crippen molar-refractivity contribution in [2.24, 2.45) is 5.41 Å². The summed E-state index contributed by atoms with van der Waals surface area (Å²) in [7, 11) is 0. The first-order valence-electron chi connectivity index (χ1n) is 7.12. The second-order valence-corrected chi connectivity index (χ2v) is 6.11. The fraction of sp³-hybridized carbons (Fsp3) is 0.412. The third kappa shape index (κ3) is 2.50. The number of rotatable bonds is 2. The van der Waals surface area contributed by atoms with Gasteiger partial charge in [0.1, 0.15) is 0 Å². The quantitative estimate of drug-likeness (QED) is 0.887. The Morgan fingerprint density at radius 3 is 2.85 bits per heavy atom. The molecular weight excluding hydrogens is 272 g/mol. The average Bonchev–Trinajstić information content (AvgIpc) is 2.47. The van der Waals surface area contributed by atoms with Gasteiger partial charge in [0.2, 0.25) is 6.29 Å². The second-order valence-electron chi connectivity index (χ2n) is 5.70. The molecule has 106 valence electrons. The highest BCUT2D eigenvalue weighted by Gasteiger charge is 2.45. The van der Waals surface area contributed by atoms with E-state index in [4.69, 9.17) is 16.3 Å². The Hall–Kier alpha value is -1.25. The smallest absolute Gasteiger partial charge is 0.207 e. The lowest BCUT2D eigenvalue weighted by Crippen LogP contribution is -2.41. The zero-order valence-corrected chi connectivity index (χ0v) is 12.1. The molecule has 2 atom stereocenters. The highest BCUT2D eigenvalue weighted by molar-refractivity contribution is 6.30. The van der Waals surface area contributed by atoms with Crippen LogP contribution in [0.5, 0.6) is 0 Å². The van der Waals surface area contributed by atoms with E-state index < -0.39 is 11.7 Å². The Morgan fingerprint density at radius 2 is 2.10 bits per heavy atom. The van der Waals surface area contributed by atoms with E-state index in [0.717, 1.165) is 37.1 Å². The van der Waals surface area contributed by atoms with Gasteiger partial charge in [-0.3, -0.25) is 0 Å². The maximum Gasteiger partial charge on any atom is 0.207 e. The molecule has 2 nitrogen and oxygen atoms in total. The lowest BCUT2D eigenvalue weighted by molar-refractivity contribution is -0.140. The van der Waals surface area contributed by atoms with Gasteiger partial charge < -0.3 is 9.84 Å². The van der Waals surface area contributed by atoms with Crippen LogP contribution in [0.15, 0.2) is 53.3 Å². The molecule has 0 bridgehead atoms. The van der Waals surface area contributed by atoms with Crippen LogP contribution in [0.4, 0.5) is 0 Å². The van der Waals surface area contributed by atoms with E-state index in [2.05, 4.69) is 12.1 Å². The number of aliphatic hydroxyl groups excluding tert-OH is 1. The van der Waals surface area contributed by atoms with Crippen LogP contribution in [-0.4, -0.2) is 11.4 Å². The SMILES string of the molecule is OC1OC=C(Cc2ccccc2)CC12CCCC=C2Cl. The molecule has 3 rings (SSSR count). The number of aliphatic hydroxyl groups is 1. The molecule has 0 aromatic heterocycles. The molecule has 1 aliphatic heterocycles. The van der Waals surface area contributed by atoms with Crippen molar-refractivity contribution in [2.45, 2.75) is 38.4 Å². The molecule has 1 heterocycles. The molecule has 2 unspecified atom stereocenters. The molecule has 1 aromatic carbocycles. The maximum absolute atomic E-state index is 10.2. The van der Waals surface area contributed by atoms with E-state index in [-0.39, 0.29) is 0 Å². The van der Waals surface area contributed by atoms with Gasteiger partial charge in [-0.05, 0) is 43.2 Å². The molecule has 1 N–H and O–H groups in total. The van der Waals surface area contributed by atoms with Crippen molar-refractivity contribution in [2.75, 3.05) is 0 Å². The van der Waals surface area contributed by atoms with Gasteiger partial charge >= 0.3 is 0 Å². The van der Waals surface area contributed by atoms with Crippen LogP contribution in [0.2, 0.25) is 0 Å². The Kier molecular flexibility index (Phi) is 3.86. The molecule has 0 radical (unpaired) electrons. The number of hydrogen-bond acceptors (Lipinski definition) is 2. The molecule has 1 aliphatic carbocycles. The first kappa shape index (κ1) is 13.7. The van der Waals surface area contributed by atoms with Crippen molar-refractivity contribution in [1.29, 1.82) is 0 Å². The van der Waals surface area contributed by atoms with Gasteiger partial charge in [-0.25, -0.2) is 0 Å². The first-order chi connectivity index (χ1) is 9.71. The lowest BCUT2D eigenvalue weighted by atomic mass is 9.72. The van der Waals surface area contributed by atoms with Gasteiger partial charge in [-0.2, -0.15) is 0 Å². The van der Waals surface area contributed by atoms with Crippen LogP contribution in [0.1, 0.15) is 31.2 Å². The third-order valence-corrected chi connectivity index (χ3v) is 4.81. The van der Waals surface area contributed by atoms with Crippen LogP contribution in [-0.2, 0) is 11.2 Å². The summed E-state index contributed by atoms with van der Waals surface area (Å²) in [5, 5.41) is 11.0. The van der Waals surface area contributed by atoms with Crippen molar-refractivity contribution >= 4 is 11.6 Å². The van der Waals surface area contributed by atoms with E-state index in [1.807, 2.05) is 24.3 Å². The predicted molar refractivity (Wildman–Crippen MR) is 80.2 cm³/mol. The van der Waals surface area contributed by atoms with Gasteiger partial charge in [-0.1, -0.05) is 48.0 Å². The van der Waals surface area contributed by atoms with Crippen LogP contribution >= 0.6 is 11.6 Å². The van der Waals surface area contributed by atoms with E-state index in [1.165, 1.54) is 11.1 Å². The topological polar surface area (TPSA) is 29.5 Å². The lowest BCUT2D eigenvalue weighted by Gasteiger charge is -2.42. The van der Waals surface area contributed by atoms with Crippen LogP contribution < -0.4 is 0 Å². The Balaban J connectivity index is 1.82. The average molecular weight is 291 g/mol. The van der Waals surface area contributed by atoms with Crippen molar-refractivity contribution in [3.8, 4) is 0 Å². The third-order valence-electron chi connectivity index (χ3n) is 4.28. The van der Waals surface area contributed by atoms with Crippen molar-refractivity contribution in [3.63, 3.8) is 0 Å². The number of halogens is 1. The molecule has 1 aromatic rings. The van der Waals surface area contributed by atoms with E-state index >= 15 is 0 Å². The van der Waals surface area contributed by atoms with E-state index in [0.29, 0.717) is 0 Å². The molecule has 0 amide bonds. The standard InChI is InChI=1S/C17H19ClO2/c18-15-8-4-5-9-17(15)11-14(12-20-16(17)19)10-13-6-2-1-3-7-13/h1-3,6-8,12,16,19H,4-5,9-11H2. The fourth-order valence-corrected chi connectivity index (χ4v) is 3.53. The van der Waals surface area contributed by atoms with Crippen LogP contribution in [0.3, 0.4) is 0 Å². The summed E-state index contributed by atoms with van der Waals surface area (Å²) < 4.78 is 5.49. The van der Waals surface area contributed by atoms with E-state index in [9.17, 15) is 5.11 Å². The van der Waals surface area contributed by atoms with Crippen molar-refractivity contribution in [3.05, 3.63) is 58.8 Å². The molecule has 0 saturated heterocycles. The van der Waals surface area contributed by atoms with Crippen molar-refractivity contribution < 1.29 is 9.84 Å². The van der Waals surface area contributed by atoms with Gasteiger partial charge in [-0.15, -0.1) is 0 Å². The fourth-order valence-electron chi connectivity index (χ4n) is 3.17. The minimum atomic E-state index is -0.828. The largest absolute Gasteiger partial charge is 0.472 e. The molecule has 0 fully saturated rings. The number of allylic oxidation sites excluding steroid dienone is 2. The molecule has 2 aliphatic rings. The Bertz CT molecular complexity index is 535. The number of ether oxygens (including phenoxy) is 1. The summed E-state index contributed by atoms with van der Waals surface area (Å²) in [4.78, 5) is 0. The molecule has 1 spiro atoms. The maximum atomic E-state index is 10.2. The normalized spacial score (nSPS) is 29.6. The number of benzene rings is 1. The molecule has 20 heavy (non-hydrogen) atoms. The van der Waals surface area contributed by atoms with E-state index in [1.54, 1.807) is 6.26 Å². The summed E-state index contributed by atoms with van der Waals surface area (Å²) >= 11 is 6.41. The summed E-state index contributed by atoms with van der Waals surface area (Å²) in [6, 6.07) is 10.3. The minimum Gasteiger partial charge on any atom is -0.472 e. The minimum absolute atomic E-state index is 0.432. The van der Waals surface area contributed by atoms with Gasteiger partial charge in [0.05, 0.1) is 11.7 Å². The second kappa shape index (κ2) is 5.63. The highest BCUT2D eigenvalue weighted by atomic mass is 35.5. The highest BCUT2D eigenvalue weighted by Crippen LogP contribution is 2.50. The summed E-state index contributed by atoms with van der Waals surface area (Å²) in [6.45, 7) is 0. The summed E-state index contributed by atoms with van der Waals surface area (Å²) in [5.74, 6) is 0. The summed E-state index contributed by atoms with van der Waals surface area (Å²) in [6.07, 6.45) is 7.46. The summed E-state index contributed by atoms with van der Waals surface area (Å²) in [5.41, 5.74) is 2.01. The zero-order valence-electron chi connectivity index (χ0n) is 11.4. The van der Waals surface area contributed by atoms with Gasteiger partial charge in [0.15, 0.2) is 0 Å². The van der Waals surface area contributed by atoms with Gasteiger partial charge in [0.25, 0.3) is 0 Å². The Morgan fingerprint density at radius 1 is 1.30 bits per heavy atom. The first-order valence-corrected chi connectivity index (χ1v) is 7.50. The molecule has 3 heteroatoms. The molecular formula is C17H19ClO2. The van der Waals surface area contributed by atoms with Gasteiger partial charge in [0, 0.05) is 5.03 Å². The van der Waals surface area contributed by atoms with Crippen LogP contribution in [0.25, 0.3) is 0 Å². The monoisotopic (exact) mass is 290 g/mol. The zero-order chi connectivity index (χ0) is 14.0. The number of hydrogen-bond donors (Lipinski definition) is 1. The van der Waals surface area contributed by atoms with Crippen LogP contribution in [0, 0.1) is 5.41 Å². The molecule has 0 saturated carbocycles. The predicted octanol–water partition coefficient (Wildman–Crippen LogP) is 4.14.